The van der Waals surface area contributed by atoms with Crippen LogP contribution >= 0.6 is 0 Å². The van der Waals surface area contributed by atoms with Gasteiger partial charge in [0.05, 0.1) is 0 Å². The van der Waals surface area contributed by atoms with Gasteiger partial charge in [0.25, 0.3) is 5.91 Å². The van der Waals surface area contributed by atoms with Crippen LogP contribution < -0.4 is 10.6 Å². The average Bonchev–Trinajstić information content (AvgIpc) is 2.57. The van der Waals surface area contributed by atoms with Crippen molar-refractivity contribution in [2.24, 2.45) is 0 Å². The Bertz CT molecular complexity index is 570. The van der Waals surface area contributed by atoms with Crippen molar-refractivity contribution in [1.82, 2.24) is 10.2 Å². The Hall–Kier alpha value is -2.32. The molecule has 0 aliphatic carbocycles. The summed E-state index contributed by atoms with van der Waals surface area (Å²) in [6, 6.07) is 9.72. The van der Waals surface area contributed by atoms with Gasteiger partial charge < -0.3 is 15.5 Å². The number of nitrogens with zero attached hydrogens (tertiary/aromatic N) is 2. The minimum Gasteiger partial charge on any atom is -0.390 e. The highest BCUT2D eigenvalue weighted by molar-refractivity contribution is 6.06. The summed E-state index contributed by atoms with van der Waals surface area (Å²) >= 11 is 0. The van der Waals surface area contributed by atoms with Crippen LogP contribution in [-0.2, 0) is 11.2 Å². The Morgan fingerprint density at radius 1 is 1.25 bits per heavy atom. The van der Waals surface area contributed by atoms with E-state index in [0.29, 0.717) is 5.69 Å². The summed E-state index contributed by atoms with van der Waals surface area (Å²) in [6.07, 6.45) is 5.80. The van der Waals surface area contributed by atoms with E-state index in [4.69, 9.17) is 5.26 Å². The Balaban J connectivity index is 2.50. The van der Waals surface area contributed by atoms with E-state index in [1.165, 1.54) is 11.8 Å². The molecule has 0 radical (unpaired) electrons. The monoisotopic (exact) mass is 328 g/mol. The topological polar surface area (TPSA) is 68.2 Å². The van der Waals surface area contributed by atoms with E-state index in [-0.39, 0.29) is 11.5 Å². The van der Waals surface area contributed by atoms with Gasteiger partial charge in [-0.1, -0.05) is 25.5 Å². The second-order valence-electron chi connectivity index (χ2n) is 6.04. The number of amides is 1. The molecule has 130 valence electrons. The van der Waals surface area contributed by atoms with Gasteiger partial charge in [-0.05, 0) is 57.6 Å². The largest absolute Gasteiger partial charge is 0.390 e. The maximum Gasteiger partial charge on any atom is 0.267 e. The summed E-state index contributed by atoms with van der Waals surface area (Å²) in [7, 11) is 4.02. The summed E-state index contributed by atoms with van der Waals surface area (Å²) in [4.78, 5) is 14.2. The average molecular weight is 328 g/mol. The number of carbonyl (C=O) groups is 1. The minimum absolute atomic E-state index is 0.0786. The first-order valence-electron chi connectivity index (χ1n) is 8.45. The Labute approximate surface area is 145 Å². The van der Waals surface area contributed by atoms with Crippen LogP contribution in [-0.4, -0.2) is 38.0 Å². The molecule has 1 aromatic rings. The zero-order valence-electron chi connectivity index (χ0n) is 14.9. The third-order valence-electron chi connectivity index (χ3n) is 3.57. The van der Waals surface area contributed by atoms with Crippen LogP contribution in [0.2, 0.25) is 0 Å². The lowest BCUT2D eigenvalue weighted by atomic mass is 10.1. The molecule has 0 spiro atoms. The zero-order chi connectivity index (χ0) is 17.8. The predicted octanol–water partition coefficient (Wildman–Crippen LogP) is 2.92. The van der Waals surface area contributed by atoms with Gasteiger partial charge >= 0.3 is 0 Å². The number of aryl methyl sites for hydroxylation is 1. The first-order chi connectivity index (χ1) is 11.6. The van der Waals surface area contributed by atoms with Crippen LogP contribution in [0.4, 0.5) is 5.69 Å². The van der Waals surface area contributed by atoms with E-state index in [1.807, 2.05) is 44.4 Å². The van der Waals surface area contributed by atoms with Gasteiger partial charge in [-0.15, -0.1) is 0 Å². The van der Waals surface area contributed by atoms with Crippen molar-refractivity contribution < 1.29 is 4.79 Å². The lowest BCUT2D eigenvalue weighted by Crippen LogP contribution is -2.20. The smallest absolute Gasteiger partial charge is 0.267 e. The molecule has 0 saturated carbocycles. The number of hydrogen-bond donors (Lipinski definition) is 2. The van der Waals surface area contributed by atoms with Crippen LogP contribution in [0, 0.1) is 11.3 Å². The van der Waals surface area contributed by atoms with Crippen molar-refractivity contribution >= 4 is 11.6 Å². The Morgan fingerprint density at radius 3 is 2.54 bits per heavy atom. The maximum absolute atomic E-state index is 12.1. The van der Waals surface area contributed by atoms with E-state index >= 15 is 0 Å². The standard InChI is InChI=1S/C19H28N4O/c1-4-5-7-16-8-10-18(11-9-16)22-19(24)17(14-20)15-21-12-6-13-23(2)3/h8-11,15,21H,4-7,12-13H2,1-3H3,(H,22,24)/b17-15-. The summed E-state index contributed by atoms with van der Waals surface area (Å²) in [5.74, 6) is -0.390. The molecule has 0 atom stereocenters. The van der Waals surface area contributed by atoms with E-state index < -0.39 is 0 Å². The highest BCUT2D eigenvalue weighted by Gasteiger charge is 2.09. The van der Waals surface area contributed by atoms with Gasteiger partial charge in [-0.3, -0.25) is 4.79 Å². The first kappa shape index (κ1) is 19.7. The zero-order valence-corrected chi connectivity index (χ0v) is 14.9. The van der Waals surface area contributed by atoms with Crippen LogP contribution in [0.5, 0.6) is 0 Å². The van der Waals surface area contributed by atoms with Crippen molar-refractivity contribution in [3.8, 4) is 6.07 Å². The summed E-state index contributed by atoms with van der Waals surface area (Å²) < 4.78 is 0. The second kappa shape index (κ2) is 11.3. The fraction of sp³-hybridized carbons (Fsp3) is 0.474. The van der Waals surface area contributed by atoms with Crippen molar-refractivity contribution in [3.05, 3.63) is 41.6 Å². The summed E-state index contributed by atoms with van der Waals surface area (Å²) in [5.41, 5.74) is 2.04. The molecular weight excluding hydrogens is 300 g/mol. The number of benzene rings is 1. The van der Waals surface area contributed by atoms with E-state index in [0.717, 1.165) is 38.8 Å². The highest BCUT2D eigenvalue weighted by atomic mass is 16.1. The molecule has 1 rings (SSSR count). The number of nitrogens with one attached hydrogen (secondary N) is 2. The quantitative estimate of drug-likeness (QED) is 0.394. The molecule has 1 aromatic carbocycles. The normalized spacial score (nSPS) is 11.2. The number of anilines is 1. The summed E-state index contributed by atoms with van der Waals surface area (Å²) in [6.45, 7) is 3.85. The van der Waals surface area contributed by atoms with Crippen LogP contribution in [0.1, 0.15) is 31.7 Å². The number of rotatable bonds is 10. The summed E-state index contributed by atoms with van der Waals surface area (Å²) in [5, 5.41) is 14.9. The van der Waals surface area contributed by atoms with Gasteiger partial charge in [0, 0.05) is 18.4 Å². The van der Waals surface area contributed by atoms with Crippen molar-refractivity contribution in [1.29, 1.82) is 5.26 Å². The molecule has 5 nitrogen and oxygen atoms in total. The number of nitriles is 1. The minimum atomic E-state index is -0.390. The third kappa shape index (κ3) is 7.80. The van der Waals surface area contributed by atoms with E-state index in [2.05, 4.69) is 22.5 Å². The fourth-order valence-electron chi connectivity index (χ4n) is 2.15. The number of unbranched alkanes of at least 4 members (excludes halogenated alkanes) is 1. The molecule has 0 bridgehead atoms. The lowest BCUT2D eigenvalue weighted by Gasteiger charge is -2.09. The maximum atomic E-state index is 12.1. The highest BCUT2D eigenvalue weighted by Crippen LogP contribution is 2.12. The van der Waals surface area contributed by atoms with E-state index in [1.54, 1.807) is 0 Å². The molecule has 1 amide bonds. The number of hydrogen-bond acceptors (Lipinski definition) is 4. The molecule has 5 heteroatoms. The molecule has 2 N–H and O–H groups in total. The molecule has 0 unspecified atom stereocenters. The van der Waals surface area contributed by atoms with Gasteiger partial charge in [0.2, 0.25) is 0 Å². The fourth-order valence-corrected chi connectivity index (χ4v) is 2.15. The van der Waals surface area contributed by atoms with Crippen molar-refractivity contribution in [2.75, 3.05) is 32.5 Å². The van der Waals surface area contributed by atoms with Gasteiger partial charge in [-0.2, -0.15) is 5.26 Å². The molecule has 24 heavy (non-hydrogen) atoms. The van der Waals surface area contributed by atoms with Crippen LogP contribution in [0.15, 0.2) is 36.0 Å². The second-order valence-corrected chi connectivity index (χ2v) is 6.04. The van der Waals surface area contributed by atoms with Gasteiger partial charge in [0.15, 0.2) is 0 Å². The Morgan fingerprint density at radius 2 is 1.96 bits per heavy atom. The number of carbonyl (C=O) groups excluding carboxylic acids is 1. The first-order valence-corrected chi connectivity index (χ1v) is 8.45. The van der Waals surface area contributed by atoms with Crippen molar-refractivity contribution in [3.63, 3.8) is 0 Å². The Kier molecular flexibility index (Phi) is 9.25. The molecular formula is C19H28N4O. The molecule has 0 saturated heterocycles. The van der Waals surface area contributed by atoms with Gasteiger partial charge in [-0.25, -0.2) is 0 Å². The molecule has 0 aliphatic rings. The molecule has 0 fully saturated rings. The van der Waals surface area contributed by atoms with Gasteiger partial charge in [0.1, 0.15) is 11.6 Å². The molecule has 0 heterocycles. The predicted molar refractivity (Wildman–Crippen MR) is 98.6 cm³/mol. The third-order valence-corrected chi connectivity index (χ3v) is 3.57. The SMILES string of the molecule is CCCCc1ccc(NC(=O)/C(C#N)=C\NCCCN(C)C)cc1. The molecule has 0 aliphatic heterocycles. The van der Waals surface area contributed by atoms with Crippen LogP contribution in [0.3, 0.4) is 0 Å². The van der Waals surface area contributed by atoms with Crippen molar-refractivity contribution in [2.45, 2.75) is 32.6 Å². The lowest BCUT2D eigenvalue weighted by molar-refractivity contribution is -0.112. The van der Waals surface area contributed by atoms with E-state index in [9.17, 15) is 4.79 Å². The van der Waals surface area contributed by atoms with Crippen LogP contribution in [0.25, 0.3) is 0 Å². The molecule has 0 aromatic heterocycles.